The van der Waals surface area contributed by atoms with Crippen molar-refractivity contribution in [2.24, 2.45) is 45.3 Å². The zero-order chi connectivity index (χ0) is 32.7. The summed E-state index contributed by atoms with van der Waals surface area (Å²) in [6.07, 6.45) is 9.94. The van der Waals surface area contributed by atoms with Crippen molar-refractivity contribution in [2.75, 3.05) is 20.1 Å². The lowest BCUT2D eigenvalue weighted by molar-refractivity contribution is -0.231. The summed E-state index contributed by atoms with van der Waals surface area (Å²) in [5.41, 5.74) is 1.86. The molecule has 5 aliphatic carbocycles. The first-order valence-electron chi connectivity index (χ1n) is 18.1. The SMILES string of the molecule is CC(=O)O[C@H]1CC[C@@]2(C)C(CC[C@]3(C)C2CCC2C4=C(C(C)C)C(=O)C[C@]4(NC(=O)OC4CCN(C)CC4)CC[C@]23C)C1(C)C. The van der Waals surface area contributed by atoms with E-state index >= 15 is 0 Å². The van der Waals surface area contributed by atoms with Crippen LogP contribution in [0.15, 0.2) is 11.1 Å². The van der Waals surface area contributed by atoms with Crippen LogP contribution in [0.4, 0.5) is 4.79 Å². The van der Waals surface area contributed by atoms with Gasteiger partial charge in [-0.3, -0.25) is 9.59 Å². The predicted octanol–water partition coefficient (Wildman–Crippen LogP) is 7.47. The summed E-state index contributed by atoms with van der Waals surface area (Å²) in [7, 11) is 2.11. The number of carbonyl (C=O) groups is 3. The lowest BCUT2D eigenvalue weighted by Gasteiger charge is -2.72. The average molecular weight is 625 g/mol. The molecule has 6 aliphatic rings. The minimum atomic E-state index is -0.627. The molecular formula is C38H60N2O5. The summed E-state index contributed by atoms with van der Waals surface area (Å²) in [5, 5.41) is 3.39. The van der Waals surface area contributed by atoms with Crippen molar-refractivity contribution < 1.29 is 23.9 Å². The highest BCUT2D eigenvalue weighted by atomic mass is 16.6. The van der Waals surface area contributed by atoms with E-state index in [0.29, 0.717) is 18.3 Å². The number of hydrogen-bond donors (Lipinski definition) is 1. The van der Waals surface area contributed by atoms with E-state index in [-0.39, 0.29) is 63.5 Å². The third kappa shape index (κ3) is 4.94. The van der Waals surface area contributed by atoms with E-state index in [1.807, 2.05) is 0 Å². The molecule has 1 N–H and O–H groups in total. The number of amides is 1. The van der Waals surface area contributed by atoms with Crippen LogP contribution in [0.3, 0.4) is 0 Å². The largest absolute Gasteiger partial charge is 0.462 e. The highest BCUT2D eigenvalue weighted by molar-refractivity contribution is 6.02. The van der Waals surface area contributed by atoms with Gasteiger partial charge in [0.1, 0.15) is 12.2 Å². The summed E-state index contributed by atoms with van der Waals surface area (Å²) >= 11 is 0. The number of piperidine rings is 1. The number of ether oxygens (including phenoxy) is 2. The van der Waals surface area contributed by atoms with E-state index in [9.17, 15) is 14.4 Å². The van der Waals surface area contributed by atoms with Crippen LogP contribution in [0.25, 0.3) is 0 Å². The van der Waals surface area contributed by atoms with Gasteiger partial charge in [-0.15, -0.1) is 0 Å². The normalized spacial score (nSPS) is 43.2. The van der Waals surface area contributed by atoms with Crippen LogP contribution in [0.2, 0.25) is 0 Å². The number of nitrogens with zero attached hydrogens (tertiary/aromatic N) is 1. The van der Waals surface area contributed by atoms with Gasteiger partial charge in [0.05, 0.1) is 5.54 Å². The molecule has 7 heteroatoms. The Labute approximate surface area is 272 Å². The average Bonchev–Trinajstić information content (AvgIpc) is 3.23. The van der Waals surface area contributed by atoms with E-state index in [1.165, 1.54) is 5.57 Å². The number of rotatable bonds is 4. The van der Waals surface area contributed by atoms with Gasteiger partial charge in [-0.05, 0) is 122 Å². The maximum Gasteiger partial charge on any atom is 0.408 e. The van der Waals surface area contributed by atoms with Crippen LogP contribution in [0, 0.1) is 45.3 Å². The van der Waals surface area contributed by atoms with E-state index in [4.69, 9.17) is 9.47 Å². The van der Waals surface area contributed by atoms with E-state index in [1.54, 1.807) is 6.92 Å². The van der Waals surface area contributed by atoms with E-state index in [2.05, 4.69) is 65.7 Å². The maximum absolute atomic E-state index is 13.9. The number of carbonyl (C=O) groups excluding carboxylic acids is 3. The minimum absolute atomic E-state index is 0.0248. The smallest absolute Gasteiger partial charge is 0.408 e. The molecule has 0 aromatic rings. The van der Waals surface area contributed by atoms with Gasteiger partial charge in [0.2, 0.25) is 0 Å². The van der Waals surface area contributed by atoms with E-state index in [0.717, 1.165) is 82.9 Å². The molecule has 1 heterocycles. The second-order valence-electron chi connectivity index (χ2n) is 17.8. The first kappa shape index (κ1) is 33.0. The summed E-state index contributed by atoms with van der Waals surface area (Å²) in [4.78, 5) is 41.7. The van der Waals surface area contributed by atoms with Crippen molar-refractivity contribution >= 4 is 17.8 Å². The number of esters is 1. The highest BCUT2D eigenvalue weighted by Crippen LogP contribution is 2.75. The molecule has 3 unspecified atom stereocenters. The number of likely N-dealkylation sites (tertiary alicyclic amines) is 1. The molecule has 0 bridgehead atoms. The van der Waals surface area contributed by atoms with Gasteiger partial charge in [-0.1, -0.05) is 48.5 Å². The monoisotopic (exact) mass is 624 g/mol. The molecule has 8 atom stereocenters. The number of Topliss-reactive ketones (excluding diaryl/α,β-unsaturated/α-hetero) is 1. The molecule has 7 nitrogen and oxygen atoms in total. The Bertz CT molecular complexity index is 1260. The van der Waals surface area contributed by atoms with Crippen molar-refractivity contribution in [1.82, 2.24) is 10.2 Å². The molecule has 45 heavy (non-hydrogen) atoms. The second-order valence-corrected chi connectivity index (χ2v) is 17.8. The molecule has 0 radical (unpaired) electrons. The zero-order valence-corrected chi connectivity index (χ0v) is 29.6. The van der Waals surface area contributed by atoms with Gasteiger partial charge in [0.15, 0.2) is 5.78 Å². The fourth-order valence-corrected chi connectivity index (χ4v) is 12.6. The standard InChI is InChI=1S/C38H60N2O5/c1-23(2)31-27(42)22-38(39-33(43)45-25-14-20-40(9)21-15-25)19-18-36(7)26(32(31)38)10-11-29-35(6)16-13-30(44-24(3)41)34(4,5)28(35)12-17-37(29,36)8/h23,25-26,28-30H,10-22H2,1-9H3,(H,39,43)/t26?,28?,29?,30-,35-,36+,37+,38+/m0/s1. The fraction of sp³-hybridized carbons (Fsp3) is 0.868. The predicted molar refractivity (Wildman–Crippen MR) is 175 cm³/mol. The molecule has 1 aliphatic heterocycles. The van der Waals surface area contributed by atoms with Crippen LogP contribution in [-0.4, -0.2) is 60.6 Å². The van der Waals surface area contributed by atoms with Crippen LogP contribution >= 0.6 is 0 Å². The Morgan fingerprint density at radius 3 is 2.18 bits per heavy atom. The number of fused-ring (bicyclic) bond motifs is 7. The lowest BCUT2D eigenvalue weighted by atomic mass is 9.33. The van der Waals surface area contributed by atoms with Crippen molar-refractivity contribution in [1.29, 1.82) is 0 Å². The summed E-state index contributed by atoms with van der Waals surface area (Å²) in [5.74, 6) is 1.51. The van der Waals surface area contributed by atoms with Crippen LogP contribution in [0.5, 0.6) is 0 Å². The lowest BCUT2D eigenvalue weighted by Crippen LogP contribution is -2.67. The number of ketones is 1. The van der Waals surface area contributed by atoms with Gasteiger partial charge in [-0.25, -0.2) is 4.79 Å². The molecule has 1 saturated heterocycles. The van der Waals surface area contributed by atoms with Crippen LogP contribution in [-0.2, 0) is 19.1 Å². The third-order valence-electron chi connectivity index (χ3n) is 15.0. The molecule has 0 aromatic heterocycles. The number of nitrogens with one attached hydrogen (secondary N) is 1. The van der Waals surface area contributed by atoms with Crippen molar-refractivity contribution in [3.63, 3.8) is 0 Å². The van der Waals surface area contributed by atoms with Gasteiger partial charge >= 0.3 is 12.1 Å². The second kappa shape index (κ2) is 11.1. The number of allylic oxidation sites excluding steroid dienone is 1. The maximum atomic E-state index is 13.9. The Kier molecular flexibility index (Phi) is 8.14. The summed E-state index contributed by atoms with van der Waals surface area (Å²) in [6, 6.07) is 0. The van der Waals surface area contributed by atoms with E-state index < -0.39 is 5.54 Å². The molecule has 5 fully saturated rings. The minimum Gasteiger partial charge on any atom is -0.462 e. The molecular weight excluding hydrogens is 564 g/mol. The highest BCUT2D eigenvalue weighted by Gasteiger charge is 2.70. The quantitative estimate of drug-likeness (QED) is 0.327. The Hall–Kier alpha value is -1.89. The van der Waals surface area contributed by atoms with Gasteiger partial charge in [0, 0.05) is 31.8 Å². The molecule has 1 amide bonds. The Morgan fingerprint density at radius 1 is 0.844 bits per heavy atom. The van der Waals surface area contributed by atoms with Gasteiger partial charge in [0.25, 0.3) is 0 Å². The molecule has 6 rings (SSSR count). The molecule has 0 aromatic carbocycles. The third-order valence-corrected chi connectivity index (χ3v) is 15.0. The fourth-order valence-electron chi connectivity index (χ4n) is 12.6. The molecule has 4 saturated carbocycles. The van der Waals surface area contributed by atoms with Crippen molar-refractivity contribution in [2.45, 2.75) is 144 Å². The van der Waals surface area contributed by atoms with Crippen LogP contribution in [0.1, 0.15) is 126 Å². The van der Waals surface area contributed by atoms with Gasteiger partial charge in [-0.2, -0.15) is 0 Å². The topological polar surface area (TPSA) is 84.9 Å². The summed E-state index contributed by atoms with van der Waals surface area (Å²) in [6.45, 7) is 20.1. The summed E-state index contributed by atoms with van der Waals surface area (Å²) < 4.78 is 12.0. The zero-order valence-electron chi connectivity index (χ0n) is 29.6. The van der Waals surface area contributed by atoms with Gasteiger partial charge < -0.3 is 19.7 Å². The first-order chi connectivity index (χ1) is 21.0. The number of hydrogen-bond acceptors (Lipinski definition) is 6. The van der Waals surface area contributed by atoms with Crippen molar-refractivity contribution in [3.05, 3.63) is 11.1 Å². The Balaban J connectivity index is 1.31. The van der Waals surface area contributed by atoms with Crippen LogP contribution < -0.4 is 5.32 Å². The van der Waals surface area contributed by atoms with Crippen molar-refractivity contribution in [3.8, 4) is 0 Å². The number of alkyl carbamates (subject to hydrolysis) is 1. The molecule has 252 valence electrons. The molecule has 0 spiro atoms. The Morgan fingerprint density at radius 2 is 1.53 bits per heavy atom. The first-order valence-corrected chi connectivity index (χ1v) is 18.1.